The van der Waals surface area contributed by atoms with E-state index in [9.17, 15) is 8.42 Å². The van der Waals surface area contributed by atoms with Gasteiger partial charge in [0, 0.05) is 26.1 Å². The zero-order valence-corrected chi connectivity index (χ0v) is 9.83. The fraction of sp³-hybridized carbons (Fsp3) is 0. The SMILES string of the molecule is O=S(=O)(Cl)/C=C/c1cc(Cl)ccc1Cl. The van der Waals surface area contributed by atoms with Gasteiger partial charge in [-0.1, -0.05) is 23.2 Å². The molecule has 2 nitrogen and oxygen atoms in total. The molecule has 0 aromatic heterocycles. The molecule has 76 valence electrons. The summed E-state index contributed by atoms with van der Waals surface area (Å²) in [4.78, 5) is 0. The highest BCUT2D eigenvalue weighted by molar-refractivity contribution is 8.16. The zero-order chi connectivity index (χ0) is 10.8. The number of rotatable bonds is 2. The average Bonchev–Trinajstić information content (AvgIpc) is 2.05. The summed E-state index contributed by atoms with van der Waals surface area (Å²) in [6.07, 6.45) is 1.29. The van der Waals surface area contributed by atoms with Crippen molar-refractivity contribution in [2.24, 2.45) is 0 Å². The van der Waals surface area contributed by atoms with Crippen molar-refractivity contribution in [1.29, 1.82) is 0 Å². The van der Waals surface area contributed by atoms with Crippen LogP contribution in [0.1, 0.15) is 5.56 Å². The molecule has 1 aromatic carbocycles. The van der Waals surface area contributed by atoms with Gasteiger partial charge in [-0.05, 0) is 29.8 Å². The van der Waals surface area contributed by atoms with E-state index in [0.29, 0.717) is 15.6 Å². The monoisotopic (exact) mass is 270 g/mol. The molecule has 0 aliphatic heterocycles. The van der Waals surface area contributed by atoms with Gasteiger partial charge in [0.2, 0.25) is 0 Å². The van der Waals surface area contributed by atoms with Crippen LogP contribution in [0.5, 0.6) is 0 Å². The Morgan fingerprint density at radius 2 is 1.86 bits per heavy atom. The number of benzene rings is 1. The van der Waals surface area contributed by atoms with Gasteiger partial charge in [0.1, 0.15) is 0 Å². The van der Waals surface area contributed by atoms with Crippen molar-refractivity contribution in [3.8, 4) is 0 Å². The first-order chi connectivity index (χ1) is 6.38. The minimum atomic E-state index is -3.66. The van der Waals surface area contributed by atoms with Crippen LogP contribution in [0.3, 0.4) is 0 Å². The predicted octanol–water partition coefficient (Wildman–Crippen LogP) is 3.53. The summed E-state index contributed by atoms with van der Waals surface area (Å²) in [6, 6.07) is 4.73. The van der Waals surface area contributed by atoms with Crippen LogP contribution in [0.4, 0.5) is 0 Å². The second-order valence-electron chi connectivity index (χ2n) is 2.44. The first-order valence-corrected chi connectivity index (χ1v) is 6.59. The Hall–Kier alpha value is -0.220. The molecular weight excluding hydrogens is 267 g/mol. The van der Waals surface area contributed by atoms with Gasteiger partial charge in [-0.25, -0.2) is 8.42 Å². The largest absolute Gasteiger partial charge is 0.254 e. The Balaban J connectivity index is 3.09. The van der Waals surface area contributed by atoms with Crippen molar-refractivity contribution < 1.29 is 8.42 Å². The third-order valence-electron chi connectivity index (χ3n) is 1.37. The van der Waals surface area contributed by atoms with Crippen molar-refractivity contribution in [3.05, 3.63) is 39.2 Å². The summed E-state index contributed by atoms with van der Waals surface area (Å²) in [5.41, 5.74) is 0.503. The molecule has 0 atom stereocenters. The first-order valence-electron chi connectivity index (χ1n) is 3.46. The van der Waals surface area contributed by atoms with Crippen molar-refractivity contribution in [2.75, 3.05) is 0 Å². The van der Waals surface area contributed by atoms with Gasteiger partial charge in [0.05, 0.1) is 0 Å². The zero-order valence-electron chi connectivity index (χ0n) is 6.75. The highest BCUT2D eigenvalue weighted by Crippen LogP contribution is 2.22. The van der Waals surface area contributed by atoms with Crippen molar-refractivity contribution in [3.63, 3.8) is 0 Å². The van der Waals surface area contributed by atoms with E-state index in [1.165, 1.54) is 6.08 Å². The molecule has 0 heterocycles. The van der Waals surface area contributed by atoms with Crippen LogP contribution >= 0.6 is 33.9 Å². The first kappa shape index (κ1) is 11.9. The van der Waals surface area contributed by atoms with Crippen LogP contribution in [-0.2, 0) is 9.05 Å². The molecule has 0 amide bonds. The maximum Gasteiger partial charge on any atom is 0.254 e. The predicted molar refractivity (Wildman–Crippen MR) is 60.3 cm³/mol. The number of halogens is 3. The summed E-state index contributed by atoms with van der Waals surface area (Å²) in [5, 5.41) is 1.73. The maximum atomic E-state index is 10.6. The van der Waals surface area contributed by atoms with E-state index in [-0.39, 0.29) is 0 Å². The van der Waals surface area contributed by atoms with E-state index in [1.54, 1.807) is 18.2 Å². The summed E-state index contributed by atoms with van der Waals surface area (Å²) in [7, 11) is 1.32. The Morgan fingerprint density at radius 1 is 1.21 bits per heavy atom. The van der Waals surface area contributed by atoms with Gasteiger partial charge in [-0.2, -0.15) is 0 Å². The third-order valence-corrected chi connectivity index (χ3v) is 2.72. The summed E-state index contributed by atoms with van der Waals surface area (Å²) < 4.78 is 21.2. The fourth-order valence-electron chi connectivity index (χ4n) is 0.797. The Morgan fingerprint density at radius 3 is 2.43 bits per heavy atom. The molecule has 0 unspecified atom stereocenters. The summed E-state index contributed by atoms with van der Waals surface area (Å²) in [6.45, 7) is 0. The molecule has 0 spiro atoms. The van der Waals surface area contributed by atoms with Gasteiger partial charge >= 0.3 is 0 Å². The van der Waals surface area contributed by atoms with E-state index in [1.807, 2.05) is 0 Å². The molecule has 0 aliphatic carbocycles. The number of hydrogen-bond donors (Lipinski definition) is 0. The van der Waals surface area contributed by atoms with Gasteiger partial charge in [0.15, 0.2) is 0 Å². The van der Waals surface area contributed by atoms with E-state index in [4.69, 9.17) is 33.9 Å². The summed E-state index contributed by atoms with van der Waals surface area (Å²) in [5.74, 6) is 0. The smallest absolute Gasteiger partial charge is 0.208 e. The highest BCUT2D eigenvalue weighted by Gasteiger charge is 2.00. The molecule has 6 heteroatoms. The fourth-order valence-corrected chi connectivity index (χ4v) is 1.62. The van der Waals surface area contributed by atoms with Crippen LogP contribution in [0.2, 0.25) is 10.0 Å². The lowest BCUT2D eigenvalue weighted by Crippen LogP contribution is -1.80. The molecule has 0 bridgehead atoms. The van der Waals surface area contributed by atoms with Gasteiger partial charge in [-0.15, -0.1) is 0 Å². The topological polar surface area (TPSA) is 34.1 Å². The third kappa shape index (κ3) is 3.88. The van der Waals surface area contributed by atoms with E-state index >= 15 is 0 Å². The average molecular weight is 272 g/mol. The normalized spacial score (nSPS) is 12.2. The minimum absolute atomic E-state index is 0.408. The van der Waals surface area contributed by atoms with E-state index < -0.39 is 9.05 Å². The molecule has 14 heavy (non-hydrogen) atoms. The molecule has 0 saturated carbocycles. The molecular formula is C8H5Cl3O2S. The highest BCUT2D eigenvalue weighted by atomic mass is 35.7. The molecule has 0 radical (unpaired) electrons. The standard InChI is InChI=1S/C8H5Cl3O2S/c9-7-1-2-8(10)6(5-7)3-4-14(11,12)13/h1-5H/b4-3+. The number of hydrogen-bond acceptors (Lipinski definition) is 2. The van der Waals surface area contributed by atoms with Crippen LogP contribution < -0.4 is 0 Å². The van der Waals surface area contributed by atoms with Crippen LogP contribution in [0.15, 0.2) is 23.6 Å². The molecule has 0 saturated heterocycles. The second-order valence-corrected chi connectivity index (χ2v) is 5.80. The molecule has 1 rings (SSSR count). The lowest BCUT2D eigenvalue weighted by molar-refractivity contribution is 0.617. The maximum absolute atomic E-state index is 10.6. The Bertz CT molecular complexity index is 465. The second kappa shape index (κ2) is 4.53. The lowest BCUT2D eigenvalue weighted by Gasteiger charge is -1.97. The van der Waals surface area contributed by atoms with Crippen molar-refractivity contribution in [1.82, 2.24) is 0 Å². The minimum Gasteiger partial charge on any atom is -0.208 e. The molecule has 0 fully saturated rings. The quantitative estimate of drug-likeness (QED) is 0.771. The Labute approximate surface area is 96.5 Å². The molecule has 1 aromatic rings. The lowest BCUT2D eigenvalue weighted by atomic mass is 10.2. The molecule has 0 N–H and O–H groups in total. The van der Waals surface area contributed by atoms with E-state index in [0.717, 1.165) is 5.41 Å². The van der Waals surface area contributed by atoms with Crippen LogP contribution in [0.25, 0.3) is 6.08 Å². The Kier molecular flexibility index (Phi) is 3.84. The van der Waals surface area contributed by atoms with E-state index in [2.05, 4.69) is 0 Å². The van der Waals surface area contributed by atoms with Crippen molar-refractivity contribution in [2.45, 2.75) is 0 Å². The van der Waals surface area contributed by atoms with Crippen molar-refractivity contribution >= 4 is 49.0 Å². The van der Waals surface area contributed by atoms with Crippen LogP contribution in [-0.4, -0.2) is 8.42 Å². The van der Waals surface area contributed by atoms with Gasteiger partial charge < -0.3 is 0 Å². The summed E-state index contributed by atoms with van der Waals surface area (Å²) >= 11 is 11.5. The van der Waals surface area contributed by atoms with Crippen LogP contribution in [0, 0.1) is 0 Å². The van der Waals surface area contributed by atoms with Gasteiger partial charge in [0.25, 0.3) is 9.05 Å². The molecule has 0 aliphatic rings. The van der Waals surface area contributed by atoms with Gasteiger partial charge in [-0.3, -0.25) is 0 Å².